The molecule has 458 valence electrons. The Labute approximate surface area is 442 Å². The lowest BCUT2D eigenvalue weighted by molar-refractivity contribution is -0.139. The van der Waals surface area contributed by atoms with E-state index in [-0.39, 0.29) is 145 Å². The summed E-state index contributed by atoms with van der Waals surface area (Å²) in [5, 5.41) is 152. The van der Waals surface area contributed by atoms with Crippen LogP contribution < -0.4 is 5.73 Å². The van der Waals surface area contributed by atoms with Crippen molar-refractivity contribution in [1.29, 1.82) is 0 Å². The lowest BCUT2D eigenvalue weighted by Crippen LogP contribution is -2.39. The topological polar surface area (TPSA) is 479 Å². The highest BCUT2D eigenvalue weighted by molar-refractivity contribution is 4.69. The largest absolute Gasteiger partial charge is 0.394 e. The van der Waals surface area contributed by atoms with E-state index in [1.807, 2.05) is 0 Å². The smallest absolute Gasteiger partial charge is 0.104 e. The van der Waals surface area contributed by atoms with Gasteiger partial charge in [-0.25, -0.2) is 0 Å². The first-order chi connectivity index (χ1) is 36.5. The first kappa shape index (κ1) is 74.8. The van der Waals surface area contributed by atoms with Gasteiger partial charge in [0.15, 0.2) is 0 Å². The van der Waals surface area contributed by atoms with E-state index in [9.17, 15) is 71.5 Å². The van der Waals surface area contributed by atoms with E-state index < -0.39 is 144 Å². The van der Waals surface area contributed by atoms with Crippen molar-refractivity contribution in [2.45, 2.75) is 91.5 Å². The van der Waals surface area contributed by atoms with Crippen LogP contribution in [0.25, 0.3) is 0 Å². The maximum absolute atomic E-state index is 9.90. The van der Waals surface area contributed by atoms with E-state index >= 15 is 0 Å². The summed E-state index contributed by atoms with van der Waals surface area (Å²) < 4.78 is 80.0. The highest BCUT2D eigenvalue weighted by Crippen LogP contribution is 2.09. The summed E-state index contributed by atoms with van der Waals surface area (Å²) in [6.07, 6.45) is -14.7. The van der Waals surface area contributed by atoms with Crippen LogP contribution in [0.15, 0.2) is 0 Å². The second kappa shape index (κ2) is 50.7. The van der Waals surface area contributed by atoms with Crippen molar-refractivity contribution in [3.8, 4) is 0 Å². The van der Waals surface area contributed by atoms with Gasteiger partial charge in [-0.3, -0.25) is 0 Å². The highest BCUT2D eigenvalue weighted by Gasteiger charge is 2.23. The van der Waals surface area contributed by atoms with E-state index in [2.05, 4.69) is 0 Å². The van der Waals surface area contributed by atoms with Crippen LogP contribution in [-0.4, -0.2) is 371 Å². The Morgan fingerprint density at radius 2 is 0.342 bits per heavy atom. The van der Waals surface area contributed by atoms with Gasteiger partial charge in [0.25, 0.3) is 0 Å². The Hall–Kier alpha value is -1.24. The molecule has 0 aromatic heterocycles. The fourth-order valence-corrected chi connectivity index (χ4v) is 5.52. The van der Waals surface area contributed by atoms with Crippen LogP contribution >= 0.6 is 0 Å². The fourth-order valence-electron chi connectivity index (χ4n) is 5.52. The molecule has 0 spiro atoms. The molecule has 14 atom stereocenters. The molecule has 0 saturated heterocycles. The summed E-state index contributed by atoms with van der Waals surface area (Å²) in [4.78, 5) is 0. The summed E-state index contributed by atoms with van der Waals surface area (Å²) in [5.41, 5.74) is 6.37. The number of hydrogen-bond acceptors (Lipinski definition) is 31. The molecule has 0 amide bonds. The van der Waals surface area contributed by atoms with Gasteiger partial charge in [0.2, 0.25) is 0 Å². The van der Waals surface area contributed by atoms with Crippen molar-refractivity contribution in [3.05, 3.63) is 0 Å². The summed E-state index contributed by atoms with van der Waals surface area (Å²) in [5.74, 6) is 0. The molecule has 0 radical (unpaired) electrons. The average Bonchev–Trinajstić information content (AvgIpc) is 3.42. The molecule has 0 rings (SSSR count). The zero-order chi connectivity index (χ0) is 56.8. The molecular formula is C45H93NO30. The monoisotopic (exact) mass is 1130 g/mol. The van der Waals surface area contributed by atoms with Gasteiger partial charge in [0.05, 0.1) is 204 Å². The molecule has 0 saturated carbocycles. The predicted octanol–water partition coefficient (Wildman–Crippen LogP) is -10.4. The summed E-state index contributed by atoms with van der Waals surface area (Å²) >= 11 is 0. The van der Waals surface area contributed by atoms with Gasteiger partial charge >= 0.3 is 0 Å². The molecule has 0 aromatic carbocycles. The lowest BCUT2D eigenvalue weighted by Gasteiger charge is -2.26. The van der Waals surface area contributed by atoms with Gasteiger partial charge in [-0.15, -0.1) is 0 Å². The SMILES string of the molecule is NC(COCC(COCC(COCC(O)CO)OCC(O)CO)OCC(COCC(O)CO)OCC(O)CO)COCC(COCC(COCC(O)CO)OCC(O)CO)OCC(COCC(O)CO)OCC(O)CO. The zero-order valence-electron chi connectivity index (χ0n) is 43.3. The van der Waals surface area contributed by atoms with Gasteiger partial charge in [-0.2, -0.15) is 0 Å². The van der Waals surface area contributed by atoms with Crippen molar-refractivity contribution in [2.75, 3.05) is 198 Å². The second-order valence-corrected chi connectivity index (χ2v) is 17.5. The molecule has 0 bridgehead atoms. The summed E-state index contributed by atoms with van der Waals surface area (Å²) in [6, 6.07) is -0.766. The van der Waals surface area contributed by atoms with E-state index in [4.69, 9.17) is 82.3 Å². The first-order valence-corrected chi connectivity index (χ1v) is 24.9. The minimum atomic E-state index is -1.23. The number of rotatable bonds is 58. The number of ether oxygens (including phenoxy) is 14. The number of aliphatic hydroxyl groups is 16. The third kappa shape index (κ3) is 43.5. The molecule has 76 heavy (non-hydrogen) atoms. The third-order valence-corrected chi connectivity index (χ3v) is 9.76. The van der Waals surface area contributed by atoms with Gasteiger partial charge in [-0.1, -0.05) is 0 Å². The molecule has 31 nitrogen and oxygen atoms in total. The van der Waals surface area contributed by atoms with Crippen LogP contribution in [0.1, 0.15) is 0 Å². The molecule has 0 aliphatic rings. The molecule has 0 aromatic rings. The van der Waals surface area contributed by atoms with Crippen LogP contribution in [0, 0.1) is 0 Å². The normalized spacial score (nSPS) is 18.3. The molecule has 0 aliphatic carbocycles. The average molecular weight is 1130 g/mol. The van der Waals surface area contributed by atoms with E-state index in [1.54, 1.807) is 0 Å². The van der Waals surface area contributed by atoms with Crippen molar-refractivity contribution < 1.29 is 148 Å². The molecule has 18 N–H and O–H groups in total. The fraction of sp³-hybridized carbons (Fsp3) is 1.00. The number of hydrogen-bond donors (Lipinski definition) is 17. The third-order valence-electron chi connectivity index (χ3n) is 9.76. The van der Waals surface area contributed by atoms with Crippen LogP contribution in [-0.2, 0) is 66.3 Å². The molecule has 31 heteroatoms. The Morgan fingerprint density at radius 1 is 0.197 bits per heavy atom. The second-order valence-electron chi connectivity index (χ2n) is 17.5. The molecule has 0 fully saturated rings. The van der Waals surface area contributed by atoms with Crippen molar-refractivity contribution in [1.82, 2.24) is 0 Å². The van der Waals surface area contributed by atoms with Crippen LogP contribution in [0.5, 0.6) is 0 Å². The molecule has 0 aliphatic heterocycles. The van der Waals surface area contributed by atoms with Crippen LogP contribution in [0.2, 0.25) is 0 Å². The van der Waals surface area contributed by atoms with Crippen LogP contribution in [0.4, 0.5) is 0 Å². The minimum Gasteiger partial charge on any atom is -0.394 e. The maximum Gasteiger partial charge on any atom is 0.104 e. The van der Waals surface area contributed by atoms with Crippen molar-refractivity contribution in [2.24, 2.45) is 5.73 Å². The minimum absolute atomic E-state index is 0.109. The molecular weight excluding hydrogens is 1030 g/mol. The van der Waals surface area contributed by atoms with Gasteiger partial charge < -0.3 is 154 Å². The van der Waals surface area contributed by atoms with Gasteiger partial charge in [0.1, 0.15) is 85.5 Å². The van der Waals surface area contributed by atoms with Crippen LogP contribution in [0.3, 0.4) is 0 Å². The highest BCUT2D eigenvalue weighted by atomic mass is 16.6. The quantitative estimate of drug-likeness (QED) is 0.0269. The van der Waals surface area contributed by atoms with E-state index in [0.717, 1.165) is 0 Å². The van der Waals surface area contributed by atoms with E-state index in [0.29, 0.717) is 0 Å². The standard InChI is InChI=1S/C45H93NO30/c46-31(9-63-19-42(75-29-44(73-17-38(61)7-53)27-67-13-34(57)3-49)25-69-23-40(71-15-36(59)5-51)21-65-11-32(55)1-47)10-64-20-43(76-30-45(74-18-39(62)8-54)28-68-14-35(58)4-50)26-70-24-41(72-16-37(60)6-52)22-66-12-33(56)2-48/h31-45,47-62H,1-30,46H2. The molecule has 0 heterocycles. The Morgan fingerprint density at radius 3 is 0.539 bits per heavy atom. The summed E-state index contributed by atoms with van der Waals surface area (Å²) in [7, 11) is 0. The lowest BCUT2D eigenvalue weighted by atomic mass is 10.3. The predicted molar refractivity (Wildman–Crippen MR) is 258 cm³/mol. The first-order valence-electron chi connectivity index (χ1n) is 24.9. The Kier molecular flexibility index (Phi) is 49.9. The number of nitrogens with two attached hydrogens (primary N) is 1. The Bertz CT molecular complexity index is 1150. The number of aliphatic hydroxyl groups excluding tert-OH is 16. The van der Waals surface area contributed by atoms with Crippen molar-refractivity contribution >= 4 is 0 Å². The summed E-state index contributed by atoms with van der Waals surface area (Å²) in [6.45, 7) is -8.92. The van der Waals surface area contributed by atoms with Gasteiger partial charge in [0, 0.05) is 0 Å². The maximum atomic E-state index is 9.90. The van der Waals surface area contributed by atoms with Gasteiger partial charge in [-0.05, 0) is 0 Å². The Balaban J connectivity index is 6.08. The van der Waals surface area contributed by atoms with Crippen molar-refractivity contribution in [3.63, 3.8) is 0 Å². The van der Waals surface area contributed by atoms with E-state index in [1.165, 1.54) is 0 Å². The molecule has 14 unspecified atom stereocenters. The zero-order valence-corrected chi connectivity index (χ0v) is 43.3.